The molecule has 1 unspecified atom stereocenters. The van der Waals surface area contributed by atoms with Crippen LogP contribution < -0.4 is 5.32 Å². The quantitative estimate of drug-likeness (QED) is 0.896. The molecule has 8 nitrogen and oxygen atoms in total. The summed E-state index contributed by atoms with van der Waals surface area (Å²) in [6.45, 7) is 9.99. The van der Waals surface area contributed by atoms with E-state index in [2.05, 4.69) is 33.5 Å². The van der Waals surface area contributed by atoms with Crippen molar-refractivity contribution in [1.29, 1.82) is 0 Å². The molecule has 3 rings (SSSR count). The number of carbonyl (C=O) groups excluding carboxylic acids is 1. The Hall–Kier alpha value is -2.38. The van der Waals surface area contributed by atoms with E-state index in [4.69, 9.17) is 4.52 Å². The molecule has 0 aliphatic carbocycles. The Kier molecular flexibility index (Phi) is 5.06. The van der Waals surface area contributed by atoms with Crippen molar-refractivity contribution in [3.63, 3.8) is 0 Å². The largest absolute Gasteiger partial charge is 0.339 e. The Bertz CT molecular complexity index is 735. The molecule has 1 fully saturated rings. The van der Waals surface area contributed by atoms with E-state index in [1.807, 2.05) is 30.4 Å². The van der Waals surface area contributed by atoms with Crippen molar-refractivity contribution in [2.75, 3.05) is 19.6 Å². The first-order valence-electron chi connectivity index (χ1n) is 8.82. The number of hydrogen-bond donors (Lipinski definition) is 1. The maximum Gasteiger partial charge on any atom is 0.317 e. The van der Waals surface area contributed by atoms with Crippen molar-refractivity contribution in [2.45, 2.75) is 52.5 Å². The Morgan fingerprint density at radius 2 is 2.24 bits per heavy atom. The van der Waals surface area contributed by atoms with E-state index < -0.39 is 0 Å². The van der Waals surface area contributed by atoms with Gasteiger partial charge in [-0.2, -0.15) is 10.1 Å². The van der Waals surface area contributed by atoms with Gasteiger partial charge in [-0.25, -0.2) is 4.79 Å². The second kappa shape index (κ2) is 7.25. The van der Waals surface area contributed by atoms with Crippen LogP contribution in [0.15, 0.2) is 10.6 Å². The molecule has 2 amide bonds. The summed E-state index contributed by atoms with van der Waals surface area (Å²) in [5, 5.41) is 11.4. The SMILES string of the molecule is Cc1cc(C)n(C2CCN(C(=O)NCCc3noc(C(C)C)n3)C2)n1. The lowest BCUT2D eigenvalue weighted by atomic mass is 10.2. The Morgan fingerprint density at radius 1 is 1.44 bits per heavy atom. The zero-order valence-corrected chi connectivity index (χ0v) is 15.3. The van der Waals surface area contributed by atoms with E-state index in [0.29, 0.717) is 31.2 Å². The standard InChI is InChI=1S/C17H26N6O2/c1-11(2)16-19-15(21-25-16)5-7-18-17(24)22-8-6-14(10-22)23-13(4)9-12(3)20-23/h9,11,14H,5-8,10H2,1-4H3,(H,18,24). The molecule has 8 heteroatoms. The molecule has 3 heterocycles. The zero-order valence-electron chi connectivity index (χ0n) is 15.3. The highest BCUT2D eigenvalue weighted by Gasteiger charge is 2.28. The first kappa shape index (κ1) is 17.4. The summed E-state index contributed by atoms with van der Waals surface area (Å²) >= 11 is 0. The average molecular weight is 346 g/mol. The summed E-state index contributed by atoms with van der Waals surface area (Å²) in [7, 11) is 0. The Labute approximate surface area is 147 Å². The van der Waals surface area contributed by atoms with Crippen LogP contribution in [-0.2, 0) is 6.42 Å². The molecule has 1 N–H and O–H groups in total. The number of amides is 2. The minimum atomic E-state index is -0.0448. The molecule has 1 aliphatic heterocycles. The van der Waals surface area contributed by atoms with Gasteiger partial charge in [0.2, 0.25) is 5.89 Å². The van der Waals surface area contributed by atoms with E-state index in [-0.39, 0.29) is 18.0 Å². The van der Waals surface area contributed by atoms with E-state index in [1.54, 1.807) is 0 Å². The molecule has 1 atom stereocenters. The van der Waals surface area contributed by atoms with Gasteiger partial charge in [-0.15, -0.1) is 0 Å². The van der Waals surface area contributed by atoms with Crippen molar-refractivity contribution in [3.05, 3.63) is 29.2 Å². The molecule has 2 aromatic heterocycles. The third kappa shape index (κ3) is 4.00. The van der Waals surface area contributed by atoms with Crippen molar-refractivity contribution in [3.8, 4) is 0 Å². The minimum Gasteiger partial charge on any atom is -0.339 e. The highest BCUT2D eigenvalue weighted by Crippen LogP contribution is 2.23. The number of nitrogens with zero attached hydrogens (tertiary/aromatic N) is 5. The molecule has 0 aromatic carbocycles. The van der Waals surface area contributed by atoms with E-state index in [9.17, 15) is 4.79 Å². The van der Waals surface area contributed by atoms with Crippen LogP contribution in [0.4, 0.5) is 4.79 Å². The van der Waals surface area contributed by atoms with Gasteiger partial charge in [0.25, 0.3) is 0 Å². The van der Waals surface area contributed by atoms with Crippen molar-refractivity contribution < 1.29 is 9.32 Å². The number of carbonyl (C=O) groups is 1. The van der Waals surface area contributed by atoms with Crippen LogP contribution in [0.25, 0.3) is 0 Å². The van der Waals surface area contributed by atoms with Crippen LogP contribution in [0.1, 0.15) is 55.3 Å². The van der Waals surface area contributed by atoms with Crippen molar-refractivity contribution >= 4 is 6.03 Å². The number of nitrogens with one attached hydrogen (secondary N) is 1. The Morgan fingerprint density at radius 3 is 2.88 bits per heavy atom. The third-order valence-corrected chi connectivity index (χ3v) is 4.44. The highest BCUT2D eigenvalue weighted by atomic mass is 16.5. The predicted octanol–water partition coefficient (Wildman–Crippen LogP) is 2.21. The molecule has 1 saturated heterocycles. The molecule has 0 spiro atoms. The summed E-state index contributed by atoms with van der Waals surface area (Å²) in [5.41, 5.74) is 2.16. The number of hydrogen-bond acceptors (Lipinski definition) is 5. The van der Waals surface area contributed by atoms with E-state index in [1.165, 1.54) is 0 Å². The normalized spacial score (nSPS) is 17.5. The van der Waals surface area contributed by atoms with E-state index >= 15 is 0 Å². The first-order chi connectivity index (χ1) is 11.9. The fraction of sp³-hybridized carbons (Fsp3) is 0.647. The molecular weight excluding hydrogens is 320 g/mol. The van der Waals surface area contributed by atoms with Crippen LogP contribution in [-0.4, -0.2) is 50.5 Å². The van der Waals surface area contributed by atoms with Gasteiger partial charge in [0.1, 0.15) is 0 Å². The highest BCUT2D eigenvalue weighted by molar-refractivity contribution is 5.74. The van der Waals surface area contributed by atoms with Gasteiger partial charge >= 0.3 is 6.03 Å². The molecule has 136 valence electrons. The lowest BCUT2D eigenvalue weighted by Crippen LogP contribution is -2.39. The molecular formula is C17H26N6O2. The fourth-order valence-electron chi connectivity index (χ4n) is 3.14. The van der Waals surface area contributed by atoms with Crippen LogP contribution in [0.5, 0.6) is 0 Å². The summed E-state index contributed by atoms with van der Waals surface area (Å²) in [6, 6.07) is 2.28. The van der Waals surface area contributed by atoms with Gasteiger partial charge in [0, 0.05) is 37.7 Å². The molecule has 1 aliphatic rings. The second-order valence-electron chi connectivity index (χ2n) is 6.95. The molecule has 0 saturated carbocycles. The summed E-state index contributed by atoms with van der Waals surface area (Å²) in [5.74, 6) is 1.48. The molecule has 0 radical (unpaired) electrons. The van der Waals surface area contributed by atoms with Gasteiger partial charge in [-0.3, -0.25) is 4.68 Å². The third-order valence-electron chi connectivity index (χ3n) is 4.44. The van der Waals surface area contributed by atoms with Crippen LogP contribution in [0.2, 0.25) is 0 Å². The van der Waals surface area contributed by atoms with Gasteiger partial charge < -0.3 is 14.7 Å². The van der Waals surface area contributed by atoms with Crippen LogP contribution in [0.3, 0.4) is 0 Å². The number of rotatable bonds is 5. The van der Waals surface area contributed by atoms with Crippen molar-refractivity contribution in [1.82, 2.24) is 30.1 Å². The minimum absolute atomic E-state index is 0.0448. The fourth-order valence-corrected chi connectivity index (χ4v) is 3.14. The van der Waals surface area contributed by atoms with Crippen LogP contribution in [0, 0.1) is 13.8 Å². The number of aryl methyl sites for hydroxylation is 2. The maximum atomic E-state index is 12.3. The van der Waals surface area contributed by atoms with Crippen LogP contribution >= 0.6 is 0 Å². The molecule has 0 bridgehead atoms. The number of aromatic nitrogens is 4. The number of urea groups is 1. The van der Waals surface area contributed by atoms with Gasteiger partial charge in [-0.1, -0.05) is 19.0 Å². The summed E-state index contributed by atoms with van der Waals surface area (Å²) in [4.78, 5) is 18.5. The first-order valence-corrected chi connectivity index (χ1v) is 8.82. The molecule has 25 heavy (non-hydrogen) atoms. The maximum absolute atomic E-state index is 12.3. The smallest absolute Gasteiger partial charge is 0.317 e. The summed E-state index contributed by atoms with van der Waals surface area (Å²) < 4.78 is 7.20. The number of likely N-dealkylation sites (tertiary alicyclic amines) is 1. The van der Waals surface area contributed by atoms with Crippen molar-refractivity contribution in [2.24, 2.45) is 0 Å². The monoisotopic (exact) mass is 346 g/mol. The van der Waals surface area contributed by atoms with Gasteiger partial charge in [0.05, 0.1) is 11.7 Å². The summed E-state index contributed by atoms with van der Waals surface area (Å²) in [6.07, 6.45) is 1.49. The van der Waals surface area contributed by atoms with E-state index in [0.717, 1.165) is 24.4 Å². The zero-order chi connectivity index (χ0) is 18.0. The average Bonchev–Trinajstić information content (AvgIpc) is 3.26. The lowest BCUT2D eigenvalue weighted by molar-refractivity contribution is 0.207. The second-order valence-corrected chi connectivity index (χ2v) is 6.95. The Balaban J connectivity index is 1.46. The lowest BCUT2D eigenvalue weighted by Gasteiger charge is -2.18. The van der Waals surface area contributed by atoms with Gasteiger partial charge in [-0.05, 0) is 26.3 Å². The topological polar surface area (TPSA) is 89.1 Å². The van der Waals surface area contributed by atoms with Gasteiger partial charge in [0.15, 0.2) is 5.82 Å². The molecule has 2 aromatic rings. The predicted molar refractivity (Wildman–Crippen MR) is 92.4 cm³/mol.